The number of aliphatic imine (C=N–C) groups is 1. The predicted molar refractivity (Wildman–Crippen MR) is 106 cm³/mol. The Morgan fingerprint density at radius 2 is 1.69 bits per heavy atom. The van der Waals surface area contributed by atoms with Crippen molar-refractivity contribution < 1.29 is 4.42 Å². The molecule has 0 fully saturated rings. The number of amidine groups is 1. The molecule has 126 valence electrons. The largest absolute Gasteiger partial charge is 0.456 e. The number of anilines is 1. The molecule has 0 saturated carbocycles. The first kappa shape index (κ1) is 15.2. The number of aromatic nitrogens is 1. The second kappa shape index (κ2) is 6.35. The van der Waals surface area contributed by atoms with Crippen LogP contribution in [0.3, 0.4) is 0 Å². The maximum absolute atomic E-state index is 6.14. The van der Waals surface area contributed by atoms with Gasteiger partial charge in [0.2, 0.25) is 0 Å². The number of nitrogens with one attached hydrogen (secondary N) is 1. The second-order valence-electron chi connectivity index (χ2n) is 5.94. The monoisotopic (exact) mass is 357 g/mol. The van der Waals surface area contributed by atoms with Gasteiger partial charge in [-0.25, -0.2) is 9.98 Å². The molecule has 0 radical (unpaired) electrons. The van der Waals surface area contributed by atoms with Crippen molar-refractivity contribution in [2.24, 2.45) is 4.99 Å². The summed E-state index contributed by atoms with van der Waals surface area (Å²) in [4.78, 5) is 9.35. The van der Waals surface area contributed by atoms with Crippen molar-refractivity contribution >= 4 is 34.3 Å². The third-order valence-corrected chi connectivity index (χ3v) is 5.28. The molecule has 4 nitrogen and oxygen atoms in total. The molecule has 1 atom stereocenters. The number of thioether (sulfide) groups is 1. The van der Waals surface area contributed by atoms with Gasteiger partial charge in [-0.15, -0.1) is 0 Å². The number of furan rings is 1. The summed E-state index contributed by atoms with van der Waals surface area (Å²) < 4.78 is 6.14. The van der Waals surface area contributed by atoms with Crippen LogP contribution in [0.15, 0.2) is 93.4 Å². The van der Waals surface area contributed by atoms with Crippen LogP contribution in [0.4, 0.5) is 5.69 Å². The SMILES string of the molecule is c1ccc(C2=N[C@@H](Sc3ccccn3)c3oc4ccccc4c3N2)cc1. The van der Waals surface area contributed by atoms with Crippen molar-refractivity contribution in [2.75, 3.05) is 5.32 Å². The van der Waals surface area contributed by atoms with Crippen LogP contribution in [-0.4, -0.2) is 10.8 Å². The van der Waals surface area contributed by atoms with Gasteiger partial charge in [0.15, 0.2) is 11.1 Å². The van der Waals surface area contributed by atoms with Gasteiger partial charge >= 0.3 is 0 Å². The van der Waals surface area contributed by atoms with Crippen LogP contribution in [0.25, 0.3) is 11.0 Å². The van der Waals surface area contributed by atoms with E-state index in [4.69, 9.17) is 9.41 Å². The minimum absolute atomic E-state index is 0.191. The number of rotatable bonds is 3. The van der Waals surface area contributed by atoms with Crippen molar-refractivity contribution in [1.29, 1.82) is 0 Å². The van der Waals surface area contributed by atoms with Crippen LogP contribution in [0, 0.1) is 0 Å². The normalized spacial score (nSPS) is 16.0. The molecule has 5 rings (SSSR count). The summed E-state index contributed by atoms with van der Waals surface area (Å²) in [5.74, 6) is 1.68. The molecule has 5 heteroatoms. The third kappa shape index (κ3) is 2.66. The highest BCUT2D eigenvalue weighted by molar-refractivity contribution is 7.99. The Bertz CT molecular complexity index is 1090. The number of hydrogen-bond donors (Lipinski definition) is 1. The molecule has 1 aliphatic heterocycles. The maximum atomic E-state index is 6.14. The van der Waals surface area contributed by atoms with E-state index < -0.39 is 0 Å². The fourth-order valence-corrected chi connectivity index (χ4v) is 3.99. The van der Waals surface area contributed by atoms with Gasteiger partial charge in [0.05, 0.1) is 10.7 Å². The lowest BCUT2D eigenvalue weighted by atomic mass is 10.1. The summed E-state index contributed by atoms with van der Waals surface area (Å²) in [7, 11) is 0. The van der Waals surface area contributed by atoms with Crippen molar-refractivity contribution in [2.45, 2.75) is 10.4 Å². The molecule has 1 aliphatic rings. The Kier molecular flexibility index (Phi) is 3.72. The highest BCUT2D eigenvalue weighted by atomic mass is 32.2. The van der Waals surface area contributed by atoms with E-state index in [2.05, 4.69) is 28.5 Å². The maximum Gasteiger partial charge on any atom is 0.163 e. The van der Waals surface area contributed by atoms with Gasteiger partial charge < -0.3 is 9.73 Å². The van der Waals surface area contributed by atoms with Gasteiger partial charge in [-0.05, 0) is 24.3 Å². The molecule has 0 spiro atoms. The molecule has 2 aromatic heterocycles. The quantitative estimate of drug-likeness (QED) is 0.527. The van der Waals surface area contributed by atoms with Gasteiger partial charge in [0, 0.05) is 17.1 Å². The number of fused-ring (bicyclic) bond motifs is 3. The number of para-hydroxylation sites is 1. The lowest BCUT2D eigenvalue weighted by Crippen LogP contribution is -2.19. The Labute approximate surface area is 155 Å². The minimum Gasteiger partial charge on any atom is -0.456 e. The molecule has 0 saturated heterocycles. The standard InChI is InChI=1S/C21H15N3OS/c1-2-8-14(9-3-1)20-23-18-15-10-4-5-11-16(15)25-19(18)21(24-20)26-17-12-6-7-13-22-17/h1-13,21H,(H,23,24)/t21-/m0/s1. The topological polar surface area (TPSA) is 50.4 Å². The average molecular weight is 357 g/mol. The van der Waals surface area contributed by atoms with E-state index in [1.807, 2.05) is 54.6 Å². The minimum atomic E-state index is -0.191. The van der Waals surface area contributed by atoms with Crippen molar-refractivity contribution in [3.63, 3.8) is 0 Å². The van der Waals surface area contributed by atoms with E-state index in [1.165, 1.54) is 0 Å². The number of pyridine rings is 1. The van der Waals surface area contributed by atoms with Crippen LogP contribution < -0.4 is 5.32 Å². The Morgan fingerprint density at radius 3 is 2.54 bits per heavy atom. The zero-order valence-corrected chi connectivity index (χ0v) is 14.6. The summed E-state index contributed by atoms with van der Waals surface area (Å²) >= 11 is 1.59. The van der Waals surface area contributed by atoms with Gasteiger partial charge in [-0.1, -0.05) is 60.3 Å². The number of hydrogen-bond acceptors (Lipinski definition) is 5. The number of benzene rings is 2. The van der Waals surface area contributed by atoms with E-state index >= 15 is 0 Å². The zero-order valence-electron chi connectivity index (χ0n) is 13.8. The molecule has 0 aliphatic carbocycles. The highest BCUT2D eigenvalue weighted by Crippen LogP contribution is 2.46. The summed E-state index contributed by atoms with van der Waals surface area (Å²) in [5, 5.41) is 5.27. The Morgan fingerprint density at radius 1 is 0.885 bits per heavy atom. The fourth-order valence-electron chi connectivity index (χ4n) is 3.05. The molecule has 0 unspecified atom stereocenters. The second-order valence-corrected chi connectivity index (χ2v) is 7.04. The van der Waals surface area contributed by atoms with Gasteiger partial charge in [-0.3, -0.25) is 0 Å². The molecule has 0 amide bonds. The van der Waals surface area contributed by atoms with Crippen molar-refractivity contribution in [3.8, 4) is 0 Å². The summed E-state index contributed by atoms with van der Waals surface area (Å²) in [6.07, 6.45) is 1.80. The third-order valence-electron chi connectivity index (χ3n) is 4.25. The van der Waals surface area contributed by atoms with E-state index in [1.54, 1.807) is 18.0 Å². The van der Waals surface area contributed by atoms with Crippen LogP contribution in [-0.2, 0) is 0 Å². The molecular formula is C21H15N3OS. The van der Waals surface area contributed by atoms with Gasteiger partial charge in [0.25, 0.3) is 0 Å². The molecule has 3 heterocycles. The van der Waals surface area contributed by atoms with Gasteiger partial charge in [0.1, 0.15) is 11.4 Å². The van der Waals surface area contributed by atoms with E-state index in [0.29, 0.717) is 0 Å². The van der Waals surface area contributed by atoms with Gasteiger partial charge in [-0.2, -0.15) is 0 Å². The van der Waals surface area contributed by atoms with E-state index in [0.717, 1.165) is 38.8 Å². The molecule has 2 aromatic carbocycles. The van der Waals surface area contributed by atoms with E-state index in [9.17, 15) is 0 Å². The molecule has 4 aromatic rings. The smallest absolute Gasteiger partial charge is 0.163 e. The first-order valence-corrected chi connectivity index (χ1v) is 9.26. The zero-order chi connectivity index (χ0) is 17.3. The fraction of sp³-hybridized carbons (Fsp3) is 0.0476. The Hall–Kier alpha value is -3.05. The van der Waals surface area contributed by atoms with Crippen LogP contribution in [0.5, 0.6) is 0 Å². The molecule has 0 bridgehead atoms. The summed E-state index contributed by atoms with van der Waals surface area (Å²) in [6, 6.07) is 24.1. The first-order chi connectivity index (χ1) is 12.9. The Balaban J connectivity index is 1.64. The van der Waals surface area contributed by atoms with Crippen LogP contribution in [0.1, 0.15) is 16.7 Å². The summed E-state index contributed by atoms with van der Waals surface area (Å²) in [6.45, 7) is 0. The average Bonchev–Trinajstić information content (AvgIpc) is 3.09. The van der Waals surface area contributed by atoms with Crippen molar-refractivity contribution in [3.05, 3.63) is 90.3 Å². The number of nitrogens with zero attached hydrogens (tertiary/aromatic N) is 2. The van der Waals surface area contributed by atoms with E-state index in [-0.39, 0.29) is 5.37 Å². The predicted octanol–water partition coefficient (Wildman–Crippen LogP) is 5.49. The lowest BCUT2D eigenvalue weighted by molar-refractivity contribution is 0.548. The summed E-state index contributed by atoms with van der Waals surface area (Å²) in [5.41, 5.74) is 2.90. The highest BCUT2D eigenvalue weighted by Gasteiger charge is 2.29. The van der Waals surface area contributed by atoms with Crippen molar-refractivity contribution in [1.82, 2.24) is 4.98 Å². The van der Waals surface area contributed by atoms with Crippen LogP contribution in [0.2, 0.25) is 0 Å². The molecular weight excluding hydrogens is 342 g/mol. The lowest BCUT2D eigenvalue weighted by Gasteiger charge is -2.21. The van der Waals surface area contributed by atoms with Crippen LogP contribution >= 0.6 is 11.8 Å². The first-order valence-electron chi connectivity index (χ1n) is 8.38. The molecule has 26 heavy (non-hydrogen) atoms. The molecule has 1 N–H and O–H groups in total.